The van der Waals surface area contributed by atoms with Crippen LogP contribution < -0.4 is 16.0 Å². The van der Waals surface area contributed by atoms with Crippen molar-refractivity contribution in [2.24, 2.45) is 4.99 Å². The highest BCUT2D eigenvalue weighted by Crippen LogP contribution is 2.16. The molecule has 0 aromatic carbocycles. The summed E-state index contributed by atoms with van der Waals surface area (Å²) in [6.45, 7) is 6.11. The summed E-state index contributed by atoms with van der Waals surface area (Å²) in [7, 11) is 3.30. The van der Waals surface area contributed by atoms with E-state index < -0.39 is 0 Å². The van der Waals surface area contributed by atoms with Crippen LogP contribution in [0, 0.1) is 0 Å². The van der Waals surface area contributed by atoms with Crippen molar-refractivity contribution in [1.29, 1.82) is 0 Å². The standard InChI is InChI=1S/C16H29N7O2/c1-11(2)15-21-13-6-5-12(10-23(13)22-15)20-16(17-3)19-9-14(24)18-7-8-25-4/h11-12H,5-10H2,1-4H3,(H,18,24)(H2,17,19,20). The lowest BCUT2D eigenvalue weighted by molar-refractivity contribution is -0.120. The van der Waals surface area contributed by atoms with Gasteiger partial charge in [-0.15, -0.1) is 0 Å². The normalized spacial score (nSPS) is 17.3. The molecule has 2 heterocycles. The fourth-order valence-electron chi connectivity index (χ4n) is 2.60. The molecule has 0 aliphatic carbocycles. The number of amides is 1. The van der Waals surface area contributed by atoms with E-state index in [0.29, 0.717) is 25.0 Å². The lowest BCUT2D eigenvalue weighted by atomic mass is 10.1. The van der Waals surface area contributed by atoms with Gasteiger partial charge in [-0.3, -0.25) is 9.79 Å². The molecule has 140 valence electrons. The highest BCUT2D eigenvalue weighted by atomic mass is 16.5. The minimum Gasteiger partial charge on any atom is -0.383 e. The first-order chi connectivity index (χ1) is 12.0. The van der Waals surface area contributed by atoms with Gasteiger partial charge >= 0.3 is 0 Å². The molecule has 1 aliphatic heterocycles. The quantitative estimate of drug-likeness (QED) is 0.352. The average molecular weight is 351 g/mol. The number of carbonyl (C=O) groups excluding carboxylic acids is 1. The summed E-state index contributed by atoms with van der Waals surface area (Å²) in [5.41, 5.74) is 0. The zero-order valence-corrected chi connectivity index (χ0v) is 15.5. The molecule has 0 saturated heterocycles. The third kappa shape index (κ3) is 5.70. The molecule has 9 nitrogen and oxygen atoms in total. The Bertz CT molecular complexity index is 597. The van der Waals surface area contributed by atoms with E-state index in [2.05, 4.69) is 44.9 Å². The third-order valence-electron chi connectivity index (χ3n) is 4.00. The zero-order valence-electron chi connectivity index (χ0n) is 15.5. The molecule has 25 heavy (non-hydrogen) atoms. The number of hydrogen-bond donors (Lipinski definition) is 3. The first-order valence-corrected chi connectivity index (χ1v) is 8.70. The van der Waals surface area contributed by atoms with Crippen molar-refractivity contribution in [3.8, 4) is 0 Å². The number of ether oxygens (including phenoxy) is 1. The van der Waals surface area contributed by atoms with Crippen molar-refractivity contribution in [2.45, 2.75) is 45.2 Å². The third-order valence-corrected chi connectivity index (χ3v) is 4.00. The van der Waals surface area contributed by atoms with Crippen molar-refractivity contribution in [3.63, 3.8) is 0 Å². The lowest BCUT2D eigenvalue weighted by Crippen LogP contribution is -2.49. The van der Waals surface area contributed by atoms with Gasteiger partial charge in [0, 0.05) is 39.1 Å². The second-order valence-corrected chi connectivity index (χ2v) is 6.37. The van der Waals surface area contributed by atoms with E-state index in [-0.39, 0.29) is 18.5 Å². The van der Waals surface area contributed by atoms with E-state index in [1.807, 2.05) is 4.68 Å². The number of guanidine groups is 1. The smallest absolute Gasteiger partial charge is 0.239 e. The van der Waals surface area contributed by atoms with Crippen LogP contribution in [0.25, 0.3) is 0 Å². The van der Waals surface area contributed by atoms with Gasteiger partial charge in [-0.1, -0.05) is 13.8 Å². The molecule has 9 heteroatoms. The molecular weight excluding hydrogens is 322 g/mol. The van der Waals surface area contributed by atoms with Crippen LogP contribution in [0.4, 0.5) is 0 Å². The Kier molecular flexibility index (Phi) is 7.17. The van der Waals surface area contributed by atoms with Crippen molar-refractivity contribution >= 4 is 11.9 Å². The summed E-state index contributed by atoms with van der Waals surface area (Å²) >= 11 is 0. The Labute approximate surface area is 148 Å². The number of nitrogens with one attached hydrogen (secondary N) is 3. The first-order valence-electron chi connectivity index (χ1n) is 8.70. The molecular formula is C16H29N7O2. The second kappa shape index (κ2) is 9.36. The van der Waals surface area contributed by atoms with Gasteiger partial charge in [-0.25, -0.2) is 9.67 Å². The topological polar surface area (TPSA) is 105 Å². The Morgan fingerprint density at radius 3 is 2.92 bits per heavy atom. The number of aromatic nitrogens is 3. The van der Waals surface area contributed by atoms with Crippen molar-refractivity contribution in [2.75, 3.05) is 33.9 Å². The van der Waals surface area contributed by atoms with Crippen LogP contribution in [-0.4, -0.2) is 66.5 Å². The SMILES string of the molecule is CN=C(NCC(=O)NCCOC)NC1CCc2nc(C(C)C)nn2C1. The Hall–Kier alpha value is -2.16. The Morgan fingerprint density at radius 2 is 2.24 bits per heavy atom. The molecule has 1 aliphatic rings. The summed E-state index contributed by atoms with van der Waals surface area (Å²) in [5.74, 6) is 2.78. The summed E-state index contributed by atoms with van der Waals surface area (Å²) in [5, 5.41) is 13.7. The van der Waals surface area contributed by atoms with Gasteiger partial charge in [0.1, 0.15) is 5.82 Å². The molecule has 0 bridgehead atoms. The summed E-state index contributed by atoms with van der Waals surface area (Å²) < 4.78 is 6.87. The molecule has 1 aromatic heterocycles. The van der Waals surface area contributed by atoms with Gasteiger partial charge in [0.05, 0.1) is 19.7 Å². The van der Waals surface area contributed by atoms with Gasteiger partial charge in [0.25, 0.3) is 0 Å². The molecule has 0 spiro atoms. The maximum absolute atomic E-state index is 11.7. The fourth-order valence-corrected chi connectivity index (χ4v) is 2.60. The van der Waals surface area contributed by atoms with Gasteiger partial charge in [0.2, 0.25) is 5.91 Å². The summed E-state index contributed by atoms with van der Waals surface area (Å²) in [6, 6.07) is 0.206. The van der Waals surface area contributed by atoms with Gasteiger partial charge in [0.15, 0.2) is 11.8 Å². The van der Waals surface area contributed by atoms with Gasteiger partial charge in [-0.05, 0) is 6.42 Å². The summed E-state index contributed by atoms with van der Waals surface area (Å²) in [6.07, 6.45) is 1.84. The maximum atomic E-state index is 11.7. The Morgan fingerprint density at radius 1 is 1.44 bits per heavy atom. The number of nitrogens with zero attached hydrogens (tertiary/aromatic N) is 4. The van der Waals surface area contributed by atoms with Crippen molar-refractivity contribution < 1.29 is 9.53 Å². The number of hydrogen-bond acceptors (Lipinski definition) is 5. The molecule has 0 fully saturated rings. The molecule has 3 N–H and O–H groups in total. The van der Waals surface area contributed by atoms with Crippen molar-refractivity contribution in [3.05, 3.63) is 11.6 Å². The van der Waals surface area contributed by atoms with Gasteiger partial charge in [-0.2, -0.15) is 5.10 Å². The molecule has 1 aromatic rings. The van der Waals surface area contributed by atoms with Crippen LogP contribution in [0.5, 0.6) is 0 Å². The molecule has 1 amide bonds. The van der Waals surface area contributed by atoms with Gasteiger partial charge < -0.3 is 20.7 Å². The maximum Gasteiger partial charge on any atom is 0.239 e. The lowest BCUT2D eigenvalue weighted by Gasteiger charge is -2.25. The molecule has 0 radical (unpaired) electrons. The number of methoxy groups -OCH3 is 1. The number of carbonyl (C=O) groups is 1. The molecule has 2 rings (SSSR count). The van der Waals surface area contributed by atoms with E-state index in [0.717, 1.165) is 31.0 Å². The predicted octanol–water partition coefficient (Wildman–Crippen LogP) is -0.356. The van der Waals surface area contributed by atoms with Crippen LogP contribution in [-0.2, 0) is 22.5 Å². The minimum absolute atomic E-state index is 0.0937. The number of fused-ring (bicyclic) bond motifs is 1. The zero-order chi connectivity index (χ0) is 18.2. The molecule has 1 atom stereocenters. The predicted molar refractivity (Wildman–Crippen MR) is 95.6 cm³/mol. The molecule has 0 saturated carbocycles. The highest BCUT2D eigenvalue weighted by molar-refractivity contribution is 5.86. The highest BCUT2D eigenvalue weighted by Gasteiger charge is 2.23. The van der Waals surface area contributed by atoms with E-state index in [9.17, 15) is 4.79 Å². The van der Waals surface area contributed by atoms with E-state index in [1.165, 1.54) is 0 Å². The van der Waals surface area contributed by atoms with Crippen molar-refractivity contribution in [1.82, 2.24) is 30.7 Å². The van der Waals surface area contributed by atoms with Crippen LogP contribution in [0.15, 0.2) is 4.99 Å². The molecule has 1 unspecified atom stereocenters. The number of aliphatic imine (C=N–C) groups is 1. The van der Waals surface area contributed by atoms with E-state index in [4.69, 9.17) is 4.74 Å². The van der Waals surface area contributed by atoms with Crippen LogP contribution in [0.1, 0.15) is 37.8 Å². The average Bonchev–Trinajstić information content (AvgIpc) is 3.02. The largest absolute Gasteiger partial charge is 0.383 e. The number of aryl methyl sites for hydroxylation is 1. The fraction of sp³-hybridized carbons (Fsp3) is 0.750. The van der Waals surface area contributed by atoms with Crippen LogP contribution in [0.2, 0.25) is 0 Å². The first kappa shape index (κ1) is 19.2. The summed E-state index contributed by atoms with van der Waals surface area (Å²) in [4.78, 5) is 20.5. The minimum atomic E-state index is -0.0937. The number of rotatable bonds is 7. The van der Waals surface area contributed by atoms with E-state index in [1.54, 1.807) is 14.2 Å². The van der Waals surface area contributed by atoms with Crippen LogP contribution in [0.3, 0.4) is 0 Å². The van der Waals surface area contributed by atoms with Crippen LogP contribution >= 0.6 is 0 Å². The Balaban J connectivity index is 1.81. The second-order valence-electron chi connectivity index (χ2n) is 6.37. The van der Waals surface area contributed by atoms with E-state index >= 15 is 0 Å². The monoisotopic (exact) mass is 351 g/mol.